The number of rotatable bonds is 10. The number of thiazole rings is 1. The predicted molar refractivity (Wildman–Crippen MR) is 154 cm³/mol. The van der Waals surface area contributed by atoms with E-state index < -0.39 is 41.3 Å². The van der Waals surface area contributed by atoms with Gasteiger partial charge in [-0.1, -0.05) is 16.9 Å². The average Bonchev–Trinajstić information content (AvgIpc) is 3.51. The molecule has 3 aromatic rings. The Balaban J connectivity index is 1.32. The van der Waals surface area contributed by atoms with Gasteiger partial charge in [-0.25, -0.2) is 24.1 Å². The van der Waals surface area contributed by atoms with Gasteiger partial charge >= 0.3 is 11.9 Å². The van der Waals surface area contributed by atoms with E-state index >= 15 is 0 Å². The van der Waals surface area contributed by atoms with E-state index in [0.717, 1.165) is 22.4 Å². The van der Waals surface area contributed by atoms with Crippen LogP contribution in [-0.4, -0.2) is 88.1 Å². The van der Waals surface area contributed by atoms with Gasteiger partial charge in [-0.05, 0) is 12.5 Å². The molecular formula is C24H25N8O7S3+. The van der Waals surface area contributed by atoms with Crippen LogP contribution in [0.5, 0.6) is 0 Å². The third-order valence-corrected chi connectivity index (χ3v) is 9.59. The first-order chi connectivity index (χ1) is 20.0. The summed E-state index contributed by atoms with van der Waals surface area (Å²) in [6, 6.07) is 0.894. The highest BCUT2D eigenvalue weighted by Crippen LogP contribution is 2.41. The molecule has 0 spiro atoms. The Hall–Kier alpha value is -4.16. The largest absolute Gasteiger partial charge is 0.478 e. The van der Waals surface area contributed by atoms with Crippen LogP contribution in [0.3, 0.4) is 0 Å². The number of nitrogens with two attached hydrogens (primary N) is 1. The van der Waals surface area contributed by atoms with Crippen molar-refractivity contribution in [3.8, 4) is 0 Å². The number of aryl methyl sites for hydroxylation is 2. The topological polar surface area (TPSA) is 206 Å². The average molecular weight is 634 g/mol. The lowest BCUT2D eigenvalue weighted by atomic mass is 10.0. The van der Waals surface area contributed by atoms with E-state index in [4.69, 9.17) is 15.7 Å². The van der Waals surface area contributed by atoms with Crippen LogP contribution in [0.1, 0.15) is 12.6 Å². The van der Waals surface area contributed by atoms with Crippen LogP contribution in [0.2, 0.25) is 0 Å². The normalized spacial score (nSPS) is 19.4. The fraction of sp³-hybridized carbons (Fsp3) is 0.333. The monoisotopic (exact) mass is 633 g/mol. The molecule has 2 aliphatic rings. The van der Waals surface area contributed by atoms with Gasteiger partial charge < -0.3 is 30.7 Å². The summed E-state index contributed by atoms with van der Waals surface area (Å²) in [6.07, 6.45) is 2.45. The summed E-state index contributed by atoms with van der Waals surface area (Å²) in [5.41, 5.74) is 7.51. The van der Waals surface area contributed by atoms with Gasteiger partial charge in [-0.15, -0.1) is 23.1 Å². The van der Waals surface area contributed by atoms with Gasteiger partial charge in [0.25, 0.3) is 11.8 Å². The van der Waals surface area contributed by atoms with Crippen LogP contribution in [0.4, 0.5) is 5.13 Å². The molecule has 3 aromatic heterocycles. The first kappa shape index (κ1) is 29.3. The van der Waals surface area contributed by atoms with Gasteiger partial charge in [0, 0.05) is 30.0 Å². The van der Waals surface area contributed by atoms with E-state index in [0.29, 0.717) is 22.2 Å². The van der Waals surface area contributed by atoms with Gasteiger partial charge in [-0.3, -0.25) is 14.5 Å². The maximum absolute atomic E-state index is 13.2. The highest BCUT2D eigenvalue weighted by molar-refractivity contribution is 8.01. The summed E-state index contributed by atoms with van der Waals surface area (Å²) < 4.78 is 3.82. The summed E-state index contributed by atoms with van der Waals surface area (Å²) in [5, 5.41) is 27.0. The van der Waals surface area contributed by atoms with Crippen LogP contribution in [0, 0.1) is 0 Å². The number of nitrogens with one attached hydrogen (secondary N) is 1. The molecule has 42 heavy (non-hydrogen) atoms. The van der Waals surface area contributed by atoms with Crippen LogP contribution in [0.15, 0.2) is 45.4 Å². The number of pyridine rings is 1. The Morgan fingerprint density at radius 2 is 2.12 bits per heavy atom. The van der Waals surface area contributed by atoms with Crippen molar-refractivity contribution in [2.24, 2.45) is 19.3 Å². The van der Waals surface area contributed by atoms with E-state index in [1.807, 2.05) is 41.7 Å². The summed E-state index contributed by atoms with van der Waals surface area (Å²) in [4.78, 5) is 64.5. The van der Waals surface area contributed by atoms with Gasteiger partial charge in [0.2, 0.25) is 6.10 Å². The number of carbonyl (C=O) groups is 4. The van der Waals surface area contributed by atoms with Crippen molar-refractivity contribution < 1.29 is 38.8 Å². The second kappa shape index (κ2) is 11.6. The minimum absolute atomic E-state index is 0.0358. The molecule has 5 rings (SSSR count). The van der Waals surface area contributed by atoms with Gasteiger partial charge in [-0.2, -0.15) is 0 Å². The van der Waals surface area contributed by atoms with E-state index in [1.165, 1.54) is 40.7 Å². The first-order valence-electron chi connectivity index (χ1n) is 12.3. The van der Waals surface area contributed by atoms with E-state index in [2.05, 4.69) is 20.4 Å². The Morgan fingerprint density at radius 1 is 1.36 bits per heavy atom. The quantitative estimate of drug-likeness (QED) is 0.0775. The molecule has 15 nitrogen and oxygen atoms in total. The SMILES string of the molecule is C[C@H](O/N=C(\C(=O)NC1C(=O)N2C(C(=O)O)=C(CSc3nc4c[n+](C)ccc4n3C)CS[C@@H]12)c1csc(N)n1)C(=O)O. The smallest absolute Gasteiger partial charge is 0.352 e. The van der Waals surface area contributed by atoms with Gasteiger partial charge in [0.15, 0.2) is 33.9 Å². The molecule has 5 heterocycles. The molecule has 1 unspecified atom stereocenters. The highest BCUT2D eigenvalue weighted by Gasteiger charge is 2.54. The lowest BCUT2D eigenvalue weighted by Gasteiger charge is -2.49. The molecule has 0 radical (unpaired) electrons. The number of amides is 2. The molecule has 3 atom stereocenters. The zero-order chi connectivity index (χ0) is 30.3. The number of nitrogen functional groups attached to an aromatic ring is 1. The number of thioether (sulfide) groups is 2. The number of fused-ring (bicyclic) bond motifs is 2. The van der Waals surface area contributed by atoms with E-state index in [1.54, 1.807) is 0 Å². The zero-order valence-electron chi connectivity index (χ0n) is 22.4. The number of oxime groups is 1. The summed E-state index contributed by atoms with van der Waals surface area (Å²) in [7, 11) is 3.78. The summed E-state index contributed by atoms with van der Waals surface area (Å²) in [5.74, 6) is -3.39. The van der Waals surface area contributed by atoms with Crippen molar-refractivity contribution in [2.45, 2.75) is 29.6 Å². The minimum atomic E-state index is -1.36. The first-order valence-corrected chi connectivity index (χ1v) is 15.2. The molecular weight excluding hydrogens is 609 g/mol. The van der Waals surface area contributed by atoms with Gasteiger partial charge in [0.05, 0.1) is 5.52 Å². The second-order valence-electron chi connectivity index (χ2n) is 9.34. The maximum atomic E-state index is 13.2. The molecule has 0 aromatic carbocycles. The molecule has 0 saturated carbocycles. The number of carbonyl (C=O) groups excluding carboxylic acids is 2. The van der Waals surface area contributed by atoms with E-state index in [-0.39, 0.29) is 22.2 Å². The maximum Gasteiger partial charge on any atom is 0.352 e. The summed E-state index contributed by atoms with van der Waals surface area (Å²) in [6.45, 7) is 1.23. The Kier molecular flexibility index (Phi) is 8.11. The predicted octanol–water partition coefficient (Wildman–Crippen LogP) is 0.161. The number of hydrogen-bond donors (Lipinski definition) is 4. The summed E-state index contributed by atoms with van der Waals surface area (Å²) >= 11 is 3.72. The number of carboxylic acids is 2. The van der Waals surface area contributed by atoms with Crippen LogP contribution in [-0.2, 0) is 38.1 Å². The molecule has 5 N–H and O–H groups in total. The van der Waals surface area contributed by atoms with E-state index in [9.17, 15) is 24.3 Å². The molecule has 0 bridgehead atoms. The molecule has 1 fully saturated rings. The molecule has 220 valence electrons. The van der Waals surface area contributed by atoms with Crippen LogP contribution >= 0.6 is 34.9 Å². The molecule has 1 saturated heterocycles. The number of anilines is 1. The fourth-order valence-corrected chi connectivity index (χ4v) is 7.31. The van der Waals surface area contributed by atoms with Gasteiger partial charge in [0.1, 0.15) is 29.9 Å². The zero-order valence-corrected chi connectivity index (χ0v) is 24.8. The number of imidazole rings is 1. The number of nitrogens with zero attached hydrogens (tertiary/aromatic N) is 6. The molecule has 0 aliphatic carbocycles. The van der Waals surface area contributed by atoms with Crippen molar-refractivity contribution in [1.29, 1.82) is 0 Å². The van der Waals surface area contributed by atoms with Crippen molar-refractivity contribution in [3.05, 3.63) is 40.8 Å². The molecule has 18 heteroatoms. The number of aliphatic carboxylic acids is 2. The van der Waals surface area contributed by atoms with Crippen LogP contribution < -0.4 is 15.6 Å². The van der Waals surface area contributed by atoms with Crippen LogP contribution in [0.25, 0.3) is 11.0 Å². The Bertz CT molecular complexity index is 1680. The fourth-order valence-electron chi connectivity index (χ4n) is 4.29. The second-order valence-corrected chi connectivity index (χ2v) is 12.3. The van der Waals surface area contributed by atoms with Crippen molar-refractivity contribution in [1.82, 2.24) is 24.8 Å². The molecule has 2 amide bonds. The number of hydrogen-bond acceptors (Lipinski definition) is 12. The lowest BCUT2D eigenvalue weighted by molar-refractivity contribution is -0.670. The van der Waals surface area contributed by atoms with Crippen molar-refractivity contribution in [2.75, 3.05) is 17.2 Å². The lowest BCUT2D eigenvalue weighted by Crippen LogP contribution is -2.71. The molecule has 2 aliphatic heterocycles. The number of carboxylic acid groups (broad SMARTS) is 2. The third kappa shape index (κ3) is 5.51. The van der Waals surface area contributed by atoms with Crippen molar-refractivity contribution >= 4 is 80.5 Å². The van der Waals surface area contributed by atoms with Crippen molar-refractivity contribution in [3.63, 3.8) is 0 Å². The Labute approximate surface area is 250 Å². The number of aromatic nitrogens is 4. The number of β-lactam (4-membered cyclic amide) rings is 1. The minimum Gasteiger partial charge on any atom is -0.478 e. The standard InChI is InChI=1S/C24H24N8O7S3/c1-10(21(35)36)39-29-15(13-9-41-23(25)26-13)18(33)28-16-19(34)32-17(22(37)38)11(7-40-20(16)32)8-42-24-27-12-6-30(2)5-4-14(12)31(24)3/h4-6,9-10,16,20H,7-8H2,1-3H3,(H4-,25,26,28,33,35,36,37,38)/p+1/b29-15-/t10-,16?,20-/m0/s1. The highest BCUT2D eigenvalue weighted by atomic mass is 32.2. The Morgan fingerprint density at radius 3 is 2.79 bits per heavy atom. The third-order valence-electron chi connectivity index (χ3n) is 6.46.